The lowest BCUT2D eigenvalue weighted by atomic mass is 9.73. The topological polar surface area (TPSA) is 114 Å². The molecule has 1 amide bonds. The van der Waals surface area contributed by atoms with Gasteiger partial charge in [0.25, 0.3) is 5.91 Å². The first-order chi connectivity index (χ1) is 15.9. The fourth-order valence-electron chi connectivity index (χ4n) is 4.48. The van der Waals surface area contributed by atoms with Gasteiger partial charge in [-0.2, -0.15) is 0 Å². The minimum absolute atomic E-state index is 0.0564. The van der Waals surface area contributed by atoms with Crippen molar-refractivity contribution in [3.63, 3.8) is 0 Å². The molecule has 1 fully saturated rings. The standard InChI is InChI=1S/C24H21FN4O4/c25-11-15-2-1-3-16(10-15)17-12-27-22(28-13-17)29-21(31)23(32)5-7-24(8-6-23)19-14-26-9-4-18(19)20(30)33-24/h1-4,9-10,12-14,32H,5-8,11H2,(H,27,28,29,31). The number of esters is 1. The lowest BCUT2D eigenvalue weighted by Crippen LogP contribution is -2.49. The summed E-state index contributed by atoms with van der Waals surface area (Å²) >= 11 is 0. The van der Waals surface area contributed by atoms with Gasteiger partial charge in [0.1, 0.15) is 17.9 Å². The summed E-state index contributed by atoms with van der Waals surface area (Å²) in [7, 11) is 0. The predicted octanol–water partition coefficient (Wildman–Crippen LogP) is 3.32. The Bertz CT molecular complexity index is 1220. The van der Waals surface area contributed by atoms with Crippen LogP contribution in [0.5, 0.6) is 0 Å². The fourth-order valence-corrected chi connectivity index (χ4v) is 4.48. The number of aromatic nitrogens is 3. The maximum absolute atomic E-state index is 12.9. The van der Waals surface area contributed by atoms with E-state index in [9.17, 15) is 19.1 Å². The summed E-state index contributed by atoms with van der Waals surface area (Å²) in [5, 5.41) is 13.6. The molecule has 1 aliphatic heterocycles. The average Bonchev–Trinajstić information content (AvgIpc) is 3.13. The Kier molecular flexibility index (Phi) is 5.13. The second-order valence-corrected chi connectivity index (χ2v) is 8.42. The number of fused-ring (bicyclic) bond motifs is 2. The number of hydrogen-bond acceptors (Lipinski definition) is 7. The van der Waals surface area contributed by atoms with Crippen LogP contribution in [0.4, 0.5) is 10.3 Å². The SMILES string of the molecule is O=C1OC2(CCC(O)(C(=O)Nc3ncc(-c4cccc(CF)c4)cn3)CC2)c2cnccc21. The number of carbonyl (C=O) groups excluding carboxylic acids is 2. The number of aliphatic hydroxyl groups is 1. The van der Waals surface area contributed by atoms with E-state index in [-0.39, 0.29) is 18.8 Å². The number of pyridine rings is 1. The van der Waals surface area contributed by atoms with Gasteiger partial charge in [-0.3, -0.25) is 15.1 Å². The van der Waals surface area contributed by atoms with Crippen LogP contribution in [0.2, 0.25) is 0 Å². The third-order valence-corrected chi connectivity index (χ3v) is 6.42. The Labute approximate surface area is 188 Å². The molecule has 0 radical (unpaired) electrons. The highest BCUT2D eigenvalue weighted by Gasteiger charge is 2.53. The summed E-state index contributed by atoms with van der Waals surface area (Å²) in [6.07, 6.45) is 7.02. The summed E-state index contributed by atoms with van der Waals surface area (Å²) in [4.78, 5) is 37.5. The van der Waals surface area contributed by atoms with Crippen LogP contribution in [0, 0.1) is 0 Å². The molecule has 0 saturated heterocycles. The summed E-state index contributed by atoms with van der Waals surface area (Å²) in [5.41, 5.74) is 0.670. The van der Waals surface area contributed by atoms with E-state index >= 15 is 0 Å². The van der Waals surface area contributed by atoms with Gasteiger partial charge in [-0.25, -0.2) is 19.2 Å². The van der Waals surface area contributed by atoms with Crippen molar-refractivity contribution >= 4 is 17.8 Å². The van der Waals surface area contributed by atoms with Crippen LogP contribution < -0.4 is 5.32 Å². The van der Waals surface area contributed by atoms with E-state index in [0.29, 0.717) is 35.1 Å². The van der Waals surface area contributed by atoms with Crippen LogP contribution in [0.25, 0.3) is 11.1 Å². The van der Waals surface area contributed by atoms with Gasteiger partial charge >= 0.3 is 5.97 Å². The molecule has 3 aromatic rings. The molecule has 1 aliphatic carbocycles. The van der Waals surface area contributed by atoms with Crippen LogP contribution in [0.3, 0.4) is 0 Å². The Balaban J connectivity index is 1.27. The molecule has 1 saturated carbocycles. The lowest BCUT2D eigenvalue weighted by Gasteiger charge is -2.40. The quantitative estimate of drug-likeness (QED) is 0.589. The normalized spacial score (nSPS) is 23.8. The van der Waals surface area contributed by atoms with E-state index in [1.165, 1.54) is 18.6 Å². The minimum atomic E-state index is -1.64. The van der Waals surface area contributed by atoms with Gasteiger partial charge in [-0.05, 0) is 48.9 Å². The second kappa shape index (κ2) is 8.00. The van der Waals surface area contributed by atoms with E-state index in [1.54, 1.807) is 30.5 Å². The highest BCUT2D eigenvalue weighted by atomic mass is 19.1. The summed E-state index contributed by atoms with van der Waals surface area (Å²) < 4.78 is 18.6. The second-order valence-electron chi connectivity index (χ2n) is 8.42. The average molecular weight is 448 g/mol. The number of carbonyl (C=O) groups is 2. The molecule has 2 aliphatic rings. The first-order valence-corrected chi connectivity index (χ1v) is 10.6. The Morgan fingerprint density at radius 1 is 1.09 bits per heavy atom. The Morgan fingerprint density at radius 3 is 2.58 bits per heavy atom. The molecular weight excluding hydrogens is 427 g/mol. The molecule has 1 spiro atoms. The van der Waals surface area contributed by atoms with Gasteiger partial charge in [0, 0.05) is 35.9 Å². The van der Waals surface area contributed by atoms with Crippen molar-refractivity contribution in [2.45, 2.75) is 43.6 Å². The van der Waals surface area contributed by atoms with Crippen LogP contribution in [0.15, 0.2) is 55.1 Å². The van der Waals surface area contributed by atoms with E-state index in [2.05, 4.69) is 20.3 Å². The van der Waals surface area contributed by atoms with Crippen LogP contribution in [-0.4, -0.2) is 37.5 Å². The third kappa shape index (κ3) is 3.74. The summed E-state index contributed by atoms with van der Waals surface area (Å²) in [5.74, 6) is -0.964. The first kappa shape index (κ1) is 21.1. The number of anilines is 1. The zero-order chi connectivity index (χ0) is 23.1. The van der Waals surface area contributed by atoms with E-state index in [1.807, 2.05) is 6.07 Å². The number of ether oxygens (including phenoxy) is 1. The zero-order valence-corrected chi connectivity index (χ0v) is 17.6. The molecule has 2 N–H and O–H groups in total. The van der Waals surface area contributed by atoms with Gasteiger partial charge in [0.05, 0.1) is 5.56 Å². The molecule has 5 rings (SSSR count). The molecule has 8 nitrogen and oxygen atoms in total. The highest BCUT2D eigenvalue weighted by Crippen LogP contribution is 2.49. The van der Waals surface area contributed by atoms with Crippen molar-refractivity contribution < 1.29 is 23.8 Å². The molecule has 33 heavy (non-hydrogen) atoms. The highest BCUT2D eigenvalue weighted by molar-refractivity contribution is 5.97. The van der Waals surface area contributed by atoms with Gasteiger partial charge in [0.2, 0.25) is 5.95 Å². The minimum Gasteiger partial charge on any atom is -0.450 e. The van der Waals surface area contributed by atoms with Gasteiger partial charge in [-0.1, -0.05) is 18.2 Å². The van der Waals surface area contributed by atoms with E-state index < -0.39 is 29.8 Å². The number of nitrogens with one attached hydrogen (secondary N) is 1. The number of amides is 1. The third-order valence-electron chi connectivity index (χ3n) is 6.42. The number of halogens is 1. The molecule has 2 aromatic heterocycles. The van der Waals surface area contributed by atoms with E-state index in [4.69, 9.17) is 4.74 Å². The molecule has 168 valence electrons. The van der Waals surface area contributed by atoms with E-state index in [0.717, 1.165) is 5.56 Å². The number of benzene rings is 1. The van der Waals surface area contributed by atoms with Crippen molar-refractivity contribution in [1.29, 1.82) is 0 Å². The number of alkyl halides is 1. The number of rotatable bonds is 4. The van der Waals surface area contributed by atoms with Gasteiger partial charge in [0.15, 0.2) is 0 Å². The molecule has 0 atom stereocenters. The summed E-state index contributed by atoms with van der Waals surface area (Å²) in [6, 6.07) is 8.59. The fraction of sp³-hybridized carbons (Fsp3) is 0.292. The van der Waals surface area contributed by atoms with Crippen molar-refractivity contribution in [1.82, 2.24) is 15.0 Å². The number of hydrogen-bond donors (Lipinski definition) is 2. The van der Waals surface area contributed by atoms with Gasteiger partial charge in [-0.15, -0.1) is 0 Å². The molecule has 0 bridgehead atoms. The van der Waals surface area contributed by atoms with Crippen molar-refractivity contribution in [2.24, 2.45) is 0 Å². The summed E-state index contributed by atoms with van der Waals surface area (Å²) in [6.45, 7) is -0.565. The lowest BCUT2D eigenvalue weighted by molar-refractivity contribution is -0.144. The largest absolute Gasteiger partial charge is 0.450 e. The molecule has 9 heteroatoms. The number of nitrogens with zero attached hydrogens (tertiary/aromatic N) is 3. The maximum Gasteiger partial charge on any atom is 0.339 e. The first-order valence-electron chi connectivity index (χ1n) is 10.6. The Morgan fingerprint density at radius 2 is 1.85 bits per heavy atom. The molecular formula is C24H21FN4O4. The zero-order valence-electron chi connectivity index (χ0n) is 17.6. The maximum atomic E-state index is 12.9. The van der Waals surface area contributed by atoms with Crippen LogP contribution in [0.1, 0.15) is 47.2 Å². The van der Waals surface area contributed by atoms with Crippen molar-refractivity contribution in [2.75, 3.05) is 5.32 Å². The smallest absolute Gasteiger partial charge is 0.339 e. The molecule has 1 aromatic carbocycles. The molecule has 3 heterocycles. The molecule has 0 unspecified atom stereocenters. The predicted molar refractivity (Wildman–Crippen MR) is 116 cm³/mol. The van der Waals surface area contributed by atoms with Gasteiger partial charge < -0.3 is 9.84 Å². The van der Waals surface area contributed by atoms with Crippen LogP contribution >= 0.6 is 0 Å². The van der Waals surface area contributed by atoms with Crippen molar-refractivity contribution in [3.8, 4) is 11.1 Å². The van der Waals surface area contributed by atoms with Crippen molar-refractivity contribution in [3.05, 3.63) is 71.8 Å². The monoisotopic (exact) mass is 448 g/mol. The van der Waals surface area contributed by atoms with Crippen LogP contribution in [-0.2, 0) is 21.8 Å². The Hall–Kier alpha value is -3.72.